The molecule has 1 aliphatic heterocycles. The van der Waals surface area contributed by atoms with Crippen LogP contribution >= 0.6 is 15.9 Å². The van der Waals surface area contributed by atoms with Crippen molar-refractivity contribution in [3.05, 3.63) is 28.2 Å². The Balaban J connectivity index is 2.00. The molecule has 0 spiro atoms. The third kappa shape index (κ3) is 3.80. The first-order valence-electron chi connectivity index (χ1n) is 6.90. The number of amides is 1. The second kappa shape index (κ2) is 6.53. The van der Waals surface area contributed by atoms with Gasteiger partial charge in [0.1, 0.15) is 0 Å². The van der Waals surface area contributed by atoms with E-state index in [9.17, 15) is 4.79 Å². The van der Waals surface area contributed by atoms with E-state index in [4.69, 9.17) is 0 Å². The van der Waals surface area contributed by atoms with Gasteiger partial charge >= 0.3 is 0 Å². The fraction of sp³-hybridized carbons (Fsp3) is 0.533. The maximum absolute atomic E-state index is 12.3. The second-order valence-electron chi connectivity index (χ2n) is 5.25. The summed E-state index contributed by atoms with van der Waals surface area (Å²) in [6.07, 6.45) is 3.28. The minimum Gasteiger partial charge on any atom is -0.324 e. The van der Waals surface area contributed by atoms with Crippen LogP contribution < -0.4 is 10.6 Å². The molecule has 2 N–H and O–H groups in total. The minimum atomic E-state index is -0.0539. The van der Waals surface area contributed by atoms with Crippen LogP contribution in [0, 0.1) is 12.8 Å². The number of piperidine rings is 1. The highest BCUT2D eigenvalue weighted by Gasteiger charge is 2.26. The molecule has 4 heteroatoms. The van der Waals surface area contributed by atoms with Crippen molar-refractivity contribution >= 4 is 27.5 Å². The Bertz CT molecular complexity index is 461. The Labute approximate surface area is 123 Å². The lowest BCUT2D eigenvalue weighted by Gasteiger charge is -2.29. The molecule has 1 aliphatic rings. The lowest BCUT2D eigenvalue weighted by molar-refractivity contribution is -0.119. The summed E-state index contributed by atoms with van der Waals surface area (Å²) >= 11 is 3.43. The smallest absolute Gasteiger partial charge is 0.241 e. The molecular formula is C15H21BrN2O. The highest BCUT2D eigenvalue weighted by molar-refractivity contribution is 9.10. The van der Waals surface area contributed by atoms with Gasteiger partial charge in [-0.1, -0.05) is 29.3 Å². The van der Waals surface area contributed by atoms with E-state index >= 15 is 0 Å². The molecule has 1 heterocycles. The number of benzene rings is 1. The van der Waals surface area contributed by atoms with E-state index < -0.39 is 0 Å². The molecule has 2 rings (SSSR count). The molecule has 2 atom stereocenters. The third-order valence-electron chi connectivity index (χ3n) is 3.85. The molecule has 104 valence electrons. The molecule has 1 fully saturated rings. The van der Waals surface area contributed by atoms with Gasteiger partial charge in [0.2, 0.25) is 5.91 Å². The van der Waals surface area contributed by atoms with E-state index in [1.54, 1.807) is 0 Å². The quantitative estimate of drug-likeness (QED) is 0.893. The van der Waals surface area contributed by atoms with Gasteiger partial charge in [-0.05, 0) is 56.0 Å². The Kier molecular flexibility index (Phi) is 4.99. The SMILES string of the molecule is CCC1CCNC(C(=O)Nc2ccc(Br)cc2C)C1. The molecule has 1 saturated heterocycles. The van der Waals surface area contributed by atoms with Crippen LogP contribution in [0.1, 0.15) is 31.7 Å². The monoisotopic (exact) mass is 324 g/mol. The van der Waals surface area contributed by atoms with Crippen molar-refractivity contribution in [2.75, 3.05) is 11.9 Å². The molecule has 19 heavy (non-hydrogen) atoms. The first-order valence-corrected chi connectivity index (χ1v) is 7.70. The molecule has 0 aliphatic carbocycles. The summed E-state index contributed by atoms with van der Waals surface area (Å²) in [6.45, 7) is 5.14. The van der Waals surface area contributed by atoms with Gasteiger partial charge < -0.3 is 10.6 Å². The van der Waals surface area contributed by atoms with Crippen LogP contribution in [0.25, 0.3) is 0 Å². The average Bonchev–Trinajstić information content (AvgIpc) is 2.42. The highest BCUT2D eigenvalue weighted by Crippen LogP contribution is 2.23. The minimum absolute atomic E-state index is 0.0539. The number of rotatable bonds is 3. The van der Waals surface area contributed by atoms with E-state index in [-0.39, 0.29) is 11.9 Å². The lowest BCUT2D eigenvalue weighted by Crippen LogP contribution is -2.46. The van der Waals surface area contributed by atoms with Crippen molar-refractivity contribution in [1.82, 2.24) is 5.32 Å². The van der Waals surface area contributed by atoms with Gasteiger partial charge in [-0.2, -0.15) is 0 Å². The summed E-state index contributed by atoms with van der Waals surface area (Å²) in [6, 6.07) is 5.85. The molecule has 0 radical (unpaired) electrons. The Morgan fingerprint density at radius 3 is 3.00 bits per heavy atom. The van der Waals surface area contributed by atoms with Gasteiger partial charge in [0.25, 0.3) is 0 Å². The van der Waals surface area contributed by atoms with Crippen LogP contribution in [-0.4, -0.2) is 18.5 Å². The van der Waals surface area contributed by atoms with E-state index in [2.05, 4.69) is 33.5 Å². The number of carbonyl (C=O) groups is 1. The van der Waals surface area contributed by atoms with Crippen molar-refractivity contribution < 1.29 is 4.79 Å². The van der Waals surface area contributed by atoms with Crippen molar-refractivity contribution in [2.24, 2.45) is 5.92 Å². The van der Waals surface area contributed by atoms with Crippen molar-refractivity contribution in [1.29, 1.82) is 0 Å². The van der Waals surface area contributed by atoms with E-state index in [1.807, 2.05) is 25.1 Å². The van der Waals surface area contributed by atoms with E-state index in [0.717, 1.165) is 35.1 Å². The number of nitrogens with one attached hydrogen (secondary N) is 2. The standard InChI is InChI=1S/C15H21BrN2O/c1-3-11-6-7-17-14(9-11)15(19)18-13-5-4-12(16)8-10(13)2/h4-5,8,11,14,17H,3,6-7,9H2,1-2H3,(H,18,19). The summed E-state index contributed by atoms with van der Waals surface area (Å²) in [5.74, 6) is 0.756. The predicted octanol–water partition coefficient (Wildman–Crippen LogP) is 3.47. The van der Waals surface area contributed by atoms with Gasteiger partial charge in [-0.3, -0.25) is 4.79 Å². The highest BCUT2D eigenvalue weighted by atomic mass is 79.9. The van der Waals surface area contributed by atoms with Crippen LogP contribution in [0.15, 0.2) is 22.7 Å². The van der Waals surface area contributed by atoms with Gasteiger partial charge in [-0.15, -0.1) is 0 Å². The first kappa shape index (κ1) is 14.5. The molecule has 0 bridgehead atoms. The Morgan fingerprint density at radius 1 is 1.53 bits per heavy atom. The van der Waals surface area contributed by atoms with E-state index in [0.29, 0.717) is 5.92 Å². The maximum Gasteiger partial charge on any atom is 0.241 e. The van der Waals surface area contributed by atoms with Crippen LogP contribution in [0.4, 0.5) is 5.69 Å². The number of hydrogen-bond acceptors (Lipinski definition) is 2. The topological polar surface area (TPSA) is 41.1 Å². The van der Waals surface area contributed by atoms with Gasteiger partial charge in [0.05, 0.1) is 6.04 Å². The summed E-state index contributed by atoms with van der Waals surface area (Å²) < 4.78 is 1.03. The third-order valence-corrected chi connectivity index (χ3v) is 4.35. The van der Waals surface area contributed by atoms with Gasteiger partial charge in [0, 0.05) is 10.2 Å². The summed E-state index contributed by atoms with van der Waals surface area (Å²) in [5.41, 5.74) is 1.97. The molecule has 1 aromatic rings. The normalized spacial score (nSPS) is 23.1. The average molecular weight is 325 g/mol. The number of carbonyl (C=O) groups excluding carboxylic acids is 1. The molecule has 0 saturated carbocycles. The maximum atomic E-state index is 12.3. The summed E-state index contributed by atoms with van der Waals surface area (Å²) in [4.78, 5) is 12.3. The number of hydrogen-bond donors (Lipinski definition) is 2. The zero-order chi connectivity index (χ0) is 13.8. The van der Waals surface area contributed by atoms with Gasteiger partial charge in [-0.25, -0.2) is 0 Å². The fourth-order valence-electron chi connectivity index (χ4n) is 2.55. The first-order chi connectivity index (χ1) is 9.10. The Morgan fingerprint density at radius 2 is 2.32 bits per heavy atom. The van der Waals surface area contributed by atoms with Crippen molar-refractivity contribution in [3.63, 3.8) is 0 Å². The molecule has 1 amide bonds. The van der Waals surface area contributed by atoms with E-state index in [1.165, 1.54) is 6.42 Å². The summed E-state index contributed by atoms with van der Waals surface area (Å²) in [7, 11) is 0. The van der Waals surface area contributed by atoms with Crippen molar-refractivity contribution in [3.8, 4) is 0 Å². The van der Waals surface area contributed by atoms with Crippen LogP contribution in [-0.2, 0) is 4.79 Å². The van der Waals surface area contributed by atoms with Crippen LogP contribution in [0.3, 0.4) is 0 Å². The second-order valence-corrected chi connectivity index (χ2v) is 6.17. The lowest BCUT2D eigenvalue weighted by atomic mass is 9.90. The summed E-state index contributed by atoms with van der Waals surface area (Å²) in [5, 5.41) is 6.34. The molecule has 3 nitrogen and oxygen atoms in total. The fourth-order valence-corrected chi connectivity index (χ4v) is 3.03. The number of aryl methyl sites for hydroxylation is 1. The predicted molar refractivity (Wildman–Crippen MR) is 82.3 cm³/mol. The number of anilines is 1. The van der Waals surface area contributed by atoms with Crippen molar-refractivity contribution in [2.45, 2.75) is 39.2 Å². The molecular weight excluding hydrogens is 304 g/mol. The Hall–Kier alpha value is -0.870. The van der Waals surface area contributed by atoms with Crippen LogP contribution in [0.2, 0.25) is 0 Å². The van der Waals surface area contributed by atoms with Crippen LogP contribution in [0.5, 0.6) is 0 Å². The van der Waals surface area contributed by atoms with Gasteiger partial charge in [0.15, 0.2) is 0 Å². The molecule has 0 aromatic heterocycles. The zero-order valence-electron chi connectivity index (χ0n) is 11.5. The largest absolute Gasteiger partial charge is 0.324 e. The molecule has 1 aromatic carbocycles. The number of halogens is 1. The zero-order valence-corrected chi connectivity index (χ0v) is 13.1. The molecule has 2 unspecified atom stereocenters.